The third kappa shape index (κ3) is 5.38. The number of nitrogens with one attached hydrogen (secondary N) is 2. The van der Waals surface area contributed by atoms with Gasteiger partial charge in [0, 0.05) is 49.2 Å². The lowest BCUT2D eigenvalue weighted by atomic mass is 10.1. The Bertz CT molecular complexity index is 996. The molecule has 0 aromatic heterocycles. The van der Waals surface area contributed by atoms with Crippen LogP contribution in [-0.2, 0) is 10.0 Å². The van der Waals surface area contributed by atoms with Crippen molar-refractivity contribution in [1.29, 1.82) is 0 Å². The molecule has 0 aliphatic carbocycles. The van der Waals surface area contributed by atoms with Gasteiger partial charge in [0.1, 0.15) is 0 Å². The van der Waals surface area contributed by atoms with Gasteiger partial charge in [0.25, 0.3) is 5.91 Å². The van der Waals surface area contributed by atoms with Crippen LogP contribution in [0.4, 0.5) is 11.4 Å². The van der Waals surface area contributed by atoms with E-state index in [1.165, 1.54) is 24.3 Å². The van der Waals surface area contributed by atoms with E-state index in [0.29, 0.717) is 5.56 Å². The second-order valence-corrected chi connectivity index (χ2v) is 9.76. The third-order valence-electron chi connectivity index (χ3n) is 5.14. The molecular weight excluding hydrogens is 400 g/mol. The van der Waals surface area contributed by atoms with Gasteiger partial charge in [-0.2, -0.15) is 0 Å². The number of carbonyl (C=O) groups is 1. The molecular formula is C22H30N4O3S. The summed E-state index contributed by atoms with van der Waals surface area (Å²) in [6.45, 7) is 9.55. The molecule has 0 unspecified atom stereocenters. The van der Waals surface area contributed by atoms with E-state index in [4.69, 9.17) is 0 Å². The first-order chi connectivity index (χ1) is 14.2. The van der Waals surface area contributed by atoms with Crippen LogP contribution in [0.2, 0.25) is 0 Å². The van der Waals surface area contributed by atoms with E-state index < -0.39 is 10.0 Å². The molecule has 2 aromatic carbocycles. The van der Waals surface area contributed by atoms with E-state index in [0.717, 1.165) is 43.1 Å². The summed E-state index contributed by atoms with van der Waals surface area (Å²) in [6.07, 6.45) is 0. The predicted molar refractivity (Wildman–Crippen MR) is 121 cm³/mol. The van der Waals surface area contributed by atoms with Crippen LogP contribution in [0.15, 0.2) is 47.4 Å². The monoisotopic (exact) mass is 430 g/mol. The van der Waals surface area contributed by atoms with Crippen LogP contribution >= 0.6 is 0 Å². The maximum Gasteiger partial charge on any atom is 0.255 e. The molecule has 2 aromatic rings. The lowest BCUT2D eigenvalue weighted by Gasteiger charge is -2.34. The zero-order valence-corrected chi connectivity index (χ0v) is 18.8. The molecule has 1 heterocycles. The number of hydrogen-bond donors (Lipinski definition) is 2. The summed E-state index contributed by atoms with van der Waals surface area (Å²) in [5.41, 5.74) is 3.29. The molecule has 0 atom stereocenters. The number of anilines is 2. The van der Waals surface area contributed by atoms with Crippen LogP contribution in [0.3, 0.4) is 0 Å². The first-order valence-electron chi connectivity index (χ1n) is 10.1. The molecule has 0 radical (unpaired) electrons. The summed E-state index contributed by atoms with van der Waals surface area (Å²) in [5, 5.41) is 2.92. The molecule has 7 nitrogen and oxygen atoms in total. The van der Waals surface area contributed by atoms with Crippen molar-refractivity contribution in [2.24, 2.45) is 0 Å². The second kappa shape index (κ2) is 9.16. The highest BCUT2D eigenvalue weighted by atomic mass is 32.2. The van der Waals surface area contributed by atoms with E-state index in [1.807, 2.05) is 19.1 Å². The van der Waals surface area contributed by atoms with E-state index >= 15 is 0 Å². The molecule has 1 saturated heterocycles. The van der Waals surface area contributed by atoms with Crippen LogP contribution in [0.1, 0.15) is 29.8 Å². The number of piperazine rings is 1. The van der Waals surface area contributed by atoms with Gasteiger partial charge in [-0.25, -0.2) is 13.1 Å². The largest absolute Gasteiger partial charge is 0.369 e. The predicted octanol–water partition coefficient (Wildman–Crippen LogP) is 2.69. The fourth-order valence-corrected chi connectivity index (χ4v) is 4.66. The molecule has 3 rings (SSSR count). The van der Waals surface area contributed by atoms with Crippen molar-refractivity contribution in [3.63, 3.8) is 0 Å². The SMILES string of the molecule is Cc1cc(N2CCN(C)CC2)ccc1NC(=O)c1ccc(S(=O)(=O)NC(C)C)cc1. The fourth-order valence-electron chi connectivity index (χ4n) is 3.41. The van der Waals surface area contributed by atoms with Gasteiger partial charge >= 0.3 is 0 Å². The van der Waals surface area contributed by atoms with Gasteiger partial charge in [-0.05, 0) is 75.8 Å². The molecule has 0 spiro atoms. The standard InChI is InChI=1S/C22H30N4O3S/c1-16(2)24-30(28,29)20-8-5-18(6-9-20)22(27)23-21-10-7-19(15-17(21)3)26-13-11-25(4)12-14-26/h5-10,15-16,24H,11-14H2,1-4H3,(H,23,27). The Morgan fingerprint density at radius 1 is 1.00 bits per heavy atom. The van der Waals surface area contributed by atoms with Crippen LogP contribution < -0.4 is 14.9 Å². The quantitative estimate of drug-likeness (QED) is 0.736. The zero-order chi connectivity index (χ0) is 21.9. The molecule has 1 aliphatic heterocycles. The normalized spacial score (nSPS) is 15.4. The summed E-state index contributed by atoms with van der Waals surface area (Å²) < 4.78 is 27.0. The third-order valence-corrected chi connectivity index (χ3v) is 6.82. The lowest BCUT2D eigenvalue weighted by Crippen LogP contribution is -2.44. The molecule has 1 fully saturated rings. The van der Waals surface area contributed by atoms with Crippen molar-refractivity contribution in [2.45, 2.75) is 31.7 Å². The van der Waals surface area contributed by atoms with Crippen LogP contribution in [0.5, 0.6) is 0 Å². The zero-order valence-electron chi connectivity index (χ0n) is 18.0. The number of nitrogens with zero attached hydrogens (tertiary/aromatic N) is 2. The number of sulfonamides is 1. The van der Waals surface area contributed by atoms with E-state index in [9.17, 15) is 13.2 Å². The minimum atomic E-state index is -3.58. The maximum atomic E-state index is 12.6. The summed E-state index contributed by atoms with van der Waals surface area (Å²) in [7, 11) is -1.45. The maximum absolute atomic E-state index is 12.6. The minimum absolute atomic E-state index is 0.139. The first-order valence-corrected chi connectivity index (χ1v) is 11.6. The highest BCUT2D eigenvalue weighted by Gasteiger charge is 2.17. The number of hydrogen-bond acceptors (Lipinski definition) is 5. The van der Waals surface area contributed by atoms with E-state index in [-0.39, 0.29) is 16.8 Å². The topological polar surface area (TPSA) is 81.8 Å². The molecule has 2 N–H and O–H groups in total. The van der Waals surface area contributed by atoms with Gasteiger partial charge in [0.2, 0.25) is 10.0 Å². The van der Waals surface area contributed by atoms with E-state index in [2.05, 4.69) is 33.0 Å². The highest BCUT2D eigenvalue weighted by molar-refractivity contribution is 7.89. The Morgan fingerprint density at radius 2 is 1.63 bits per heavy atom. The molecule has 0 saturated carbocycles. The Labute approximate surface area is 179 Å². The summed E-state index contributed by atoms with van der Waals surface area (Å²) in [5.74, 6) is -0.272. The Morgan fingerprint density at radius 3 is 2.20 bits per heavy atom. The molecule has 0 bridgehead atoms. The average Bonchev–Trinajstić information content (AvgIpc) is 2.69. The number of likely N-dealkylation sites (N-methyl/N-ethyl adjacent to an activating group) is 1. The van der Waals surface area contributed by atoms with Crippen molar-refractivity contribution in [1.82, 2.24) is 9.62 Å². The smallest absolute Gasteiger partial charge is 0.255 e. The van der Waals surface area contributed by atoms with Crippen LogP contribution in [0, 0.1) is 6.92 Å². The highest BCUT2D eigenvalue weighted by Crippen LogP contribution is 2.24. The number of benzene rings is 2. The molecule has 162 valence electrons. The Balaban J connectivity index is 1.68. The van der Waals surface area contributed by atoms with Gasteiger partial charge in [-0.1, -0.05) is 0 Å². The summed E-state index contributed by atoms with van der Waals surface area (Å²) in [6, 6.07) is 11.8. The van der Waals surface area contributed by atoms with Crippen molar-refractivity contribution in [3.8, 4) is 0 Å². The lowest BCUT2D eigenvalue weighted by molar-refractivity contribution is 0.102. The van der Waals surface area contributed by atoms with Crippen LogP contribution in [0.25, 0.3) is 0 Å². The molecule has 1 amide bonds. The van der Waals surface area contributed by atoms with Crippen molar-refractivity contribution < 1.29 is 13.2 Å². The van der Waals surface area contributed by atoms with Gasteiger partial charge in [0.15, 0.2) is 0 Å². The van der Waals surface area contributed by atoms with Gasteiger partial charge in [-0.15, -0.1) is 0 Å². The number of rotatable bonds is 6. The summed E-state index contributed by atoms with van der Waals surface area (Å²) >= 11 is 0. The van der Waals surface area contributed by atoms with Gasteiger partial charge in [-0.3, -0.25) is 4.79 Å². The fraction of sp³-hybridized carbons (Fsp3) is 0.409. The number of amides is 1. The average molecular weight is 431 g/mol. The molecule has 1 aliphatic rings. The van der Waals surface area contributed by atoms with Crippen molar-refractivity contribution >= 4 is 27.3 Å². The van der Waals surface area contributed by atoms with Gasteiger partial charge < -0.3 is 15.1 Å². The molecule has 8 heteroatoms. The second-order valence-electron chi connectivity index (χ2n) is 8.04. The number of aryl methyl sites for hydroxylation is 1. The van der Waals surface area contributed by atoms with Crippen molar-refractivity contribution in [2.75, 3.05) is 43.4 Å². The summed E-state index contributed by atoms with van der Waals surface area (Å²) in [4.78, 5) is 17.4. The van der Waals surface area contributed by atoms with Crippen molar-refractivity contribution in [3.05, 3.63) is 53.6 Å². The minimum Gasteiger partial charge on any atom is -0.369 e. The Hall–Kier alpha value is -2.42. The molecule has 30 heavy (non-hydrogen) atoms. The van der Waals surface area contributed by atoms with Gasteiger partial charge in [0.05, 0.1) is 4.90 Å². The Kier molecular flexibility index (Phi) is 6.80. The first kappa shape index (κ1) is 22.3. The number of carbonyl (C=O) groups excluding carboxylic acids is 1. The van der Waals surface area contributed by atoms with E-state index in [1.54, 1.807) is 13.8 Å². The van der Waals surface area contributed by atoms with Crippen LogP contribution in [-0.4, -0.2) is 58.5 Å².